The number of benzene rings is 1. The van der Waals surface area contributed by atoms with Crippen molar-refractivity contribution in [3.63, 3.8) is 0 Å². The summed E-state index contributed by atoms with van der Waals surface area (Å²) in [6, 6.07) is 14.1. The largest absolute Gasteiger partial charge is 0.467 e. The van der Waals surface area contributed by atoms with Crippen LogP contribution in [0.2, 0.25) is 0 Å². The highest BCUT2D eigenvalue weighted by atomic mass is 16.3. The van der Waals surface area contributed by atoms with Crippen LogP contribution in [0.4, 0.5) is 0 Å². The summed E-state index contributed by atoms with van der Waals surface area (Å²) in [6.45, 7) is 0.852. The van der Waals surface area contributed by atoms with Gasteiger partial charge in [0.1, 0.15) is 11.5 Å². The molecule has 0 spiro atoms. The fourth-order valence-corrected chi connectivity index (χ4v) is 3.30. The van der Waals surface area contributed by atoms with Gasteiger partial charge in [0.05, 0.1) is 32.2 Å². The Morgan fingerprint density at radius 1 is 0.862 bits per heavy atom. The summed E-state index contributed by atoms with van der Waals surface area (Å²) < 4.78 is 10.8. The number of rotatable bonds is 7. The third kappa shape index (κ3) is 4.29. The number of carbonyl (C=O) groups is 3. The Hall–Kier alpha value is -3.61. The summed E-state index contributed by atoms with van der Waals surface area (Å²) in [5, 5.41) is 0. The second-order valence-electron chi connectivity index (χ2n) is 6.89. The van der Waals surface area contributed by atoms with Gasteiger partial charge in [-0.15, -0.1) is 0 Å². The average molecular weight is 392 g/mol. The summed E-state index contributed by atoms with van der Waals surface area (Å²) in [5.41, 5.74) is 1.31. The van der Waals surface area contributed by atoms with Crippen LogP contribution in [0.25, 0.3) is 0 Å². The SMILES string of the molecule is O=C(c1ccc(CN2C(=O)CCC2=O)cc1)N(Cc1ccco1)Cc1ccco1. The van der Waals surface area contributed by atoms with Crippen LogP contribution in [-0.4, -0.2) is 27.5 Å². The minimum absolute atomic E-state index is 0.154. The van der Waals surface area contributed by atoms with Crippen LogP contribution in [0.3, 0.4) is 0 Å². The van der Waals surface area contributed by atoms with Crippen LogP contribution in [0.1, 0.15) is 40.3 Å². The number of imide groups is 1. The molecule has 1 aliphatic heterocycles. The minimum atomic E-state index is -0.169. The summed E-state index contributed by atoms with van der Waals surface area (Å²) >= 11 is 0. The minimum Gasteiger partial charge on any atom is -0.467 e. The molecule has 0 atom stereocenters. The number of likely N-dealkylation sites (tertiary alicyclic amines) is 1. The number of hydrogen-bond acceptors (Lipinski definition) is 5. The standard InChI is InChI=1S/C22H20N2O5/c25-20-9-10-21(26)24(20)13-16-5-7-17(8-6-16)22(27)23(14-18-3-1-11-28-18)15-19-4-2-12-29-19/h1-8,11-12H,9-10,13-15H2. The molecule has 1 aromatic carbocycles. The molecule has 3 aromatic rings. The molecule has 1 aliphatic rings. The number of amides is 3. The predicted molar refractivity (Wildman–Crippen MR) is 102 cm³/mol. The maximum atomic E-state index is 13.1. The first kappa shape index (κ1) is 18.7. The van der Waals surface area contributed by atoms with Crippen LogP contribution in [-0.2, 0) is 29.2 Å². The van der Waals surface area contributed by atoms with Gasteiger partial charge in [0.2, 0.25) is 11.8 Å². The van der Waals surface area contributed by atoms with Gasteiger partial charge < -0.3 is 13.7 Å². The molecule has 0 saturated carbocycles. The molecule has 4 rings (SSSR count). The summed E-state index contributed by atoms with van der Waals surface area (Å²) in [5.74, 6) is 0.870. The molecular weight excluding hydrogens is 372 g/mol. The van der Waals surface area contributed by atoms with Gasteiger partial charge in [-0.25, -0.2) is 0 Å². The fraction of sp³-hybridized carbons (Fsp3) is 0.227. The molecule has 0 bridgehead atoms. The lowest BCUT2D eigenvalue weighted by Gasteiger charge is -2.21. The van der Waals surface area contributed by atoms with E-state index in [1.807, 2.05) is 12.1 Å². The van der Waals surface area contributed by atoms with Crippen molar-refractivity contribution >= 4 is 17.7 Å². The Morgan fingerprint density at radius 2 is 1.41 bits per heavy atom. The highest BCUT2D eigenvalue weighted by molar-refractivity contribution is 6.01. The van der Waals surface area contributed by atoms with Gasteiger partial charge >= 0.3 is 0 Å². The van der Waals surface area contributed by atoms with Crippen molar-refractivity contribution in [2.45, 2.75) is 32.5 Å². The van der Waals surface area contributed by atoms with Crippen molar-refractivity contribution < 1.29 is 23.2 Å². The van der Waals surface area contributed by atoms with E-state index in [0.717, 1.165) is 5.56 Å². The number of hydrogen-bond donors (Lipinski definition) is 0. The van der Waals surface area contributed by atoms with Gasteiger partial charge in [0.25, 0.3) is 5.91 Å². The molecule has 29 heavy (non-hydrogen) atoms. The third-order valence-electron chi connectivity index (χ3n) is 4.84. The van der Waals surface area contributed by atoms with Gasteiger partial charge in [-0.05, 0) is 42.0 Å². The molecule has 0 aliphatic carbocycles. The van der Waals surface area contributed by atoms with Crippen molar-refractivity contribution in [3.8, 4) is 0 Å². The zero-order valence-corrected chi connectivity index (χ0v) is 15.7. The summed E-state index contributed by atoms with van der Waals surface area (Å²) in [7, 11) is 0. The molecule has 1 fully saturated rings. The quantitative estimate of drug-likeness (QED) is 0.576. The predicted octanol–water partition coefficient (Wildman–Crippen LogP) is 3.36. The maximum Gasteiger partial charge on any atom is 0.254 e. The van der Waals surface area contributed by atoms with E-state index >= 15 is 0 Å². The van der Waals surface area contributed by atoms with E-state index in [0.29, 0.717) is 30.2 Å². The Bertz CT molecular complexity index is 938. The van der Waals surface area contributed by atoms with Crippen LogP contribution in [0.15, 0.2) is 69.9 Å². The molecule has 7 nitrogen and oxygen atoms in total. The molecule has 3 amide bonds. The van der Waals surface area contributed by atoms with E-state index in [4.69, 9.17) is 8.83 Å². The summed E-state index contributed by atoms with van der Waals surface area (Å²) in [4.78, 5) is 39.5. The highest BCUT2D eigenvalue weighted by Gasteiger charge is 2.28. The van der Waals surface area contributed by atoms with Crippen LogP contribution < -0.4 is 0 Å². The Labute approximate surface area is 167 Å². The lowest BCUT2D eigenvalue weighted by atomic mass is 10.1. The molecule has 1 saturated heterocycles. The molecular formula is C22H20N2O5. The first-order valence-corrected chi connectivity index (χ1v) is 9.36. The molecule has 2 aromatic heterocycles. The first-order chi connectivity index (χ1) is 14.1. The highest BCUT2D eigenvalue weighted by Crippen LogP contribution is 2.18. The van der Waals surface area contributed by atoms with Crippen LogP contribution in [0, 0.1) is 0 Å². The van der Waals surface area contributed by atoms with Gasteiger partial charge in [0, 0.05) is 18.4 Å². The normalized spacial score (nSPS) is 13.9. The first-order valence-electron chi connectivity index (χ1n) is 9.36. The molecule has 3 heterocycles. The number of furan rings is 2. The second kappa shape index (κ2) is 8.18. The van der Waals surface area contributed by atoms with Crippen LogP contribution >= 0.6 is 0 Å². The van der Waals surface area contributed by atoms with Gasteiger partial charge in [-0.3, -0.25) is 19.3 Å². The van der Waals surface area contributed by atoms with Crippen molar-refractivity contribution in [1.82, 2.24) is 9.80 Å². The van der Waals surface area contributed by atoms with Crippen molar-refractivity contribution in [2.75, 3.05) is 0 Å². The van der Waals surface area contributed by atoms with Gasteiger partial charge in [-0.1, -0.05) is 12.1 Å². The Balaban J connectivity index is 1.49. The molecule has 148 valence electrons. The number of carbonyl (C=O) groups excluding carboxylic acids is 3. The fourth-order valence-electron chi connectivity index (χ4n) is 3.30. The van der Waals surface area contributed by atoms with Gasteiger partial charge in [0.15, 0.2) is 0 Å². The number of nitrogens with zero attached hydrogens (tertiary/aromatic N) is 2. The molecule has 0 N–H and O–H groups in total. The van der Waals surface area contributed by atoms with E-state index in [2.05, 4.69) is 0 Å². The van der Waals surface area contributed by atoms with E-state index in [-0.39, 0.29) is 37.1 Å². The molecule has 7 heteroatoms. The zero-order valence-electron chi connectivity index (χ0n) is 15.7. The third-order valence-corrected chi connectivity index (χ3v) is 4.84. The van der Waals surface area contributed by atoms with Crippen molar-refractivity contribution in [3.05, 3.63) is 83.7 Å². The average Bonchev–Trinajstić information content (AvgIpc) is 3.48. The molecule has 0 radical (unpaired) electrons. The maximum absolute atomic E-state index is 13.1. The molecule has 0 unspecified atom stereocenters. The topological polar surface area (TPSA) is 84.0 Å². The lowest BCUT2D eigenvalue weighted by molar-refractivity contribution is -0.139. The van der Waals surface area contributed by atoms with E-state index in [1.165, 1.54) is 4.90 Å². The van der Waals surface area contributed by atoms with Crippen LogP contribution in [0.5, 0.6) is 0 Å². The zero-order chi connectivity index (χ0) is 20.2. The van der Waals surface area contributed by atoms with Crippen molar-refractivity contribution in [1.29, 1.82) is 0 Å². The summed E-state index contributed by atoms with van der Waals surface area (Å²) in [6.07, 6.45) is 3.68. The monoisotopic (exact) mass is 392 g/mol. The van der Waals surface area contributed by atoms with Crippen molar-refractivity contribution in [2.24, 2.45) is 0 Å². The lowest BCUT2D eigenvalue weighted by Crippen LogP contribution is -2.30. The second-order valence-corrected chi connectivity index (χ2v) is 6.89. The van der Waals surface area contributed by atoms with E-state index in [1.54, 1.807) is 53.8 Å². The van der Waals surface area contributed by atoms with Gasteiger partial charge in [-0.2, -0.15) is 0 Å². The smallest absolute Gasteiger partial charge is 0.254 e. The van der Waals surface area contributed by atoms with E-state index < -0.39 is 0 Å². The Morgan fingerprint density at radius 3 is 1.90 bits per heavy atom. The van der Waals surface area contributed by atoms with E-state index in [9.17, 15) is 14.4 Å². The Kier molecular flexibility index (Phi) is 5.29.